The van der Waals surface area contributed by atoms with Crippen molar-refractivity contribution >= 4 is 23.6 Å². The number of likely N-dealkylation sites (N-methyl/N-ethyl adjacent to an activating group) is 1. The molecule has 6 heteroatoms. The maximum absolute atomic E-state index is 11.7. The average Bonchev–Trinajstić information content (AvgIpc) is 2.35. The predicted octanol–water partition coefficient (Wildman–Crippen LogP) is 1.04. The van der Waals surface area contributed by atoms with Crippen LogP contribution < -0.4 is 5.32 Å². The van der Waals surface area contributed by atoms with Gasteiger partial charge in [-0.3, -0.25) is 9.59 Å². The van der Waals surface area contributed by atoms with Gasteiger partial charge in [-0.1, -0.05) is 0 Å². The highest BCUT2D eigenvalue weighted by Crippen LogP contribution is 2.14. The monoisotopic (exact) mass is 276 g/mol. The lowest BCUT2D eigenvalue weighted by molar-refractivity contribution is -0.144. The van der Waals surface area contributed by atoms with Crippen LogP contribution in [0.15, 0.2) is 0 Å². The molecule has 0 rings (SSSR count). The van der Waals surface area contributed by atoms with Crippen molar-refractivity contribution in [1.82, 2.24) is 10.2 Å². The molecule has 0 saturated carbocycles. The van der Waals surface area contributed by atoms with Gasteiger partial charge >= 0.3 is 5.97 Å². The van der Waals surface area contributed by atoms with Gasteiger partial charge in [0.2, 0.25) is 5.91 Å². The summed E-state index contributed by atoms with van der Waals surface area (Å²) in [5.41, 5.74) is -0.911. The van der Waals surface area contributed by atoms with Crippen molar-refractivity contribution in [2.24, 2.45) is 0 Å². The Morgan fingerprint density at radius 2 is 1.89 bits per heavy atom. The van der Waals surface area contributed by atoms with E-state index in [1.807, 2.05) is 13.8 Å². The van der Waals surface area contributed by atoms with Crippen LogP contribution >= 0.6 is 11.8 Å². The van der Waals surface area contributed by atoms with E-state index in [0.717, 1.165) is 13.1 Å². The molecule has 0 aromatic carbocycles. The van der Waals surface area contributed by atoms with Gasteiger partial charge < -0.3 is 15.3 Å². The number of hydrogen-bond donors (Lipinski definition) is 2. The Balaban J connectivity index is 3.99. The minimum absolute atomic E-state index is 0.117. The van der Waals surface area contributed by atoms with Crippen molar-refractivity contribution in [2.75, 3.05) is 31.6 Å². The molecule has 1 amide bonds. The third-order valence-corrected chi connectivity index (χ3v) is 4.06. The molecule has 2 N–H and O–H groups in total. The second-order valence-electron chi connectivity index (χ2n) is 4.26. The minimum Gasteiger partial charge on any atom is -0.480 e. The van der Waals surface area contributed by atoms with Crippen LogP contribution in [-0.2, 0) is 9.59 Å². The molecule has 18 heavy (non-hydrogen) atoms. The molecule has 0 aliphatic carbocycles. The molecule has 0 bridgehead atoms. The first-order valence-corrected chi connectivity index (χ1v) is 7.34. The molecule has 0 aliphatic rings. The highest BCUT2D eigenvalue weighted by atomic mass is 32.2. The Kier molecular flexibility index (Phi) is 8.02. The average molecular weight is 276 g/mol. The number of rotatable bonds is 9. The smallest absolute Gasteiger partial charge is 0.323 e. The fourth-order valence-electron chi connectivity index (χ4n) is 1.44. The third-order valence-electron chi connectivity index (χ3n) is 3.11. The van der Waals surface area contributed by atoms with Gasteiger partial charge in [-0.25, -0.2) is 0 Å². The topological polar surface area (TPSA) is 69.6 Å². The van der Waals surface area contributed by atoms with Crippen molar-refractivity contribution < 1.29 is 14.7 Å². The largest absolute Gasteiger partial charge is 0.480 e. The Morgan fingerprint density at radius 3 is 2.28 bits per heavy atom. The van der Waals surface area contributed by atoms with Gasteiger partial charge in [0.25, 0.3) is 0 Å². The van der Waals surface area contributed by atoms with Crippen molar-refractivity contribution in [3.8, 4) is 0 Å². The highest BCUT2D eigenvalue weighted by molar-refractivity contribution is 7.99. The van der Waals surface area contributed by atoms with Crippen molar-refractivity contribution in [3.63, 3.8) is 0 Å². The second kappa shape index (κ2) is 8.37. The third kappa shape index (κ3) is 5.27. The highest BCUT2D eigenvalue weighted by Gasteiger charge is 2.30. The molecule has 0 aromatic rings. The molecule has 1 unspecified atom stereocenters. The Morgan fingerprint density at radius 1 is 1.33 bits per heavy atom. The summed E-state index contributed by atoms with van der Waals surface area (Å²) in [6.07, 6.45) is 0.495. The fourth-order valence-corrected chi connectivity index (χ4v) is 2.50. The molecule has 0 spiro atoms. The first-order chi connectivity index (χ1) is 8.41. The molecule has 106 valence electrons. The Bertz CT molecular complexity index is 282. The minimum atomic E-state index is -0.911. The van der Waals surface area contributed by atoms with Crippen LogP contribution in [0.3, 0.4) is 0 Å². The van der Waals surface area contributed by atoms with E-state index in [1.54, 1.807) is 18.9 Å². The summed E-state index contributed by atoms with van der Waals surface area (Å²) >= 11 is 1.49. The lowest BCUT2D eigenvalue weighted by Gasteiger charge is -2.24. The van der Waals surface area contributed by atoms with Crippen LogP contribution in [0.1, 0.15) is 27.2 Å². The van der Waals surface area contributed by atoms with Crippen LogP contribution in [0, 0.1) is 0 Å². The van der Waals surface area contributed by atoms with E-state index in [-0.39, 0.29) is 5.91 Å². The normalized spacial score (nSPS) is 14.0. The van der Waals surface area contributed by atoms with E-state index in [0.29, 0.717) is 17.9 Å². The molecule has 1 atom stereocenters. The predicted molar refractivity (Wildman–Crippen MR) is 75.0 cm³/mol. The zero-order valence-electron chi connectivity index (χ0n) is 11.7. The van der Waals surface area contributed by atoms with E-state index >= 15 is 0 Å². The van der Waals surface area contributed by atoms with Gasteiger partial charge in [-0.05, 0) is 40.0 Å². The summed E-state index contributed by atoms with van der Waals surface area (Å²) in [7, 11) is 1.64. The maximum Gasteiger partial charge on any atom is 0.323 e. The number of carboxylic acids is 1. The maximum atomic E-state index is 11.7. The number of nitrogens with zero attached hydrogens (tertiary/aromatic N) is 1. The summed E-state index contributed by atoms with van der Waals surface area (Å²) < 4.78 is 0. The van der Waals surface area contributed by atoms with Crippen molar-refractivity contribution in [1.29, 1.82) is 0 Å². The number of aliphatic carboxylic acids is 1. The Labute approximate surface area is 113 Å². The number of thioether (sulfide) groups is 1. The van der Waals surface area contributed by atoms with E-state index < -0.39 is 11.5 Å². The number of nitrogens with one attached hydrogen (secondary N) is 1. The molecule has 0 fully saturated rings. The lowest BCUT2D eigenvalue weighted by Crippen LogP contribution is -2.48. The van der Waals surface area contributed by atoms with Crippen LogP contribution in [0.2, 0.25) is 0 Å². The molecule has 0 aromatic heterocycles. The van der Waals surface area contributed by atoms with Crippen LogP contribution in [0.5, 0.6) is 0 Å². The number of amides is 1. The Hall–Kier alpha value is -0.750. The quantitative estimate of drug-likeness (QED) is 0.616. The SMILES string of the molecule is CCN(CC)C(=O)CSCCC(C)(NC)C(=O)O. The van der Waals surface area contributed by atoms with Crippen molar-refractivity contribution in [2.45, 2.75) is 32.7 Å². The van der Waals surface area contributed by atoms with E-state index in [9.17, 15) is 9.59 Å². The summed E-state index contributed by atoms with van der Waals surface area (Å²) in [6, 6.07) is 0. The number of carboxylic acid groups (broad SMARTS) is 1. The summed E-state index contributed by atoms with van der Waals surface area (Å²) in [6.45, 7) is 7.00. The summed E-state index contributed by atoms with van der Waals surface area (Å²) in [5, 5.41) is 11.9. The van der Waals surface area contributed by atoms with E-state index in [4.69, 9.17) is 5.11 Å². The summed E-state index contributed by atoms with van der Waals surface area (Å²) in [5.74, 6) is 0.324. The molecule has 0 radical (unpaired) electrons. The number of carbonyl (C=O) groups excluding carboxylic acids is 1. The van der Waals surface area contributed by atoms with Gasteiger partial charge in [-0.15, -0.1) is 0 Å². The first-order valence-electron chi connectivity index (χ1n) is 6.19. The zero-order chi connectivity index (χ0) is 14.2. The fraction of sp³-hybridized carbons (Fsp3) is 0.833. The molecule has 0 aliphatic heterocycles. The second-order valence-corrected chi connectivity index (χ2v) is 5.36. The van der Waals surface area contributed by atoms with Gasteiger partial charge in [-0.2, -0.15) is 11.8 Å². The molecular weight excluding hydrogens is 252 g/mol. The standard InChI is InChI=1S/C12H24N2O3S/c1-5-14(6-2)10(15)9-18-8-7-12(3,13-4)11(16)17/h13H,5-9H2,1-4H3,(H,16,17). The summed E-state index contributed by atoms with van der Waals surface area (Å²) in [4.78, 5) is 24.5. The first kappa shape index (κ1) is 17.2. The van der Waals surface area contributed by atoms with Gasteiger partial charge in [0.05, 0.1) is 5.75 Å². The molecule has 0 saturated heterocycles. The number of hydrogen-bond acceptors (Lipinski definition) is 4. The van der Waals surface area contributed by atoms with Crippen LogP contribution in [0.4, 0.5) is 0 Å². The molecule has 5 nitrogen and oxygen atoms in total. The van der Waals surface area contributed by atoms with Crippen molar-refractivity contribution in [3.05, 3.63) is 0 Å². The van der Waals surface area contributed by atoms with Gasteiger partial charge in [0, 0.05) is 13.1 Å². The van der Waals surface area contributed by atoms with Gasteiger partial charge in [0.1, 0.15) is 5.54 Å². The molecular formula is C12H24N2O3S. The lowest BCUT2D eigenvalue weighted by atomic mass is 10.00. The van der Waals surface area contributed by atoms with Crippen LogP contribution in [-0.4, -0.2) is 59.1 Å². The van der Waals surface area contributed by atoms with Gasteiger partial charge in [0.15, 0.2) is 0 Å². The molecule has 0 heterocycles. The van der Waals surface area contributed by atoms with E-state index in [2.05, 4.69) is 5.32 Å². The number of carbonyl (C=O) groups is 2. The zero-order valence-corrected chi connectivity index (χ0v) is 12.5. The van der Waals surface area contributed by atoms with E-state index in [1.165, 1.54) is 11.8 Å². The van der Waals surface area contributed by atoms with Crippen LogP contribution in [0.25, 0.3) is 0 Å².